The van der Waals surface area contributed by atoms with Crippen LogP contribution < -0.4 is 4.74 Å². The van der Waals surface area contributed by atoms with Crippen LogP contribution in [0.4, 0.5) is 0 Å². The van der Waals surface area contributed by atoms with Crippen molar-refractivity contribution in [3.8, 4) is 5.75 Å². The van der Waals surface area contributed by atoms with Crippen molar-refractivity contribution in [3.63, 3.8) is 0 Å². The van der Waals surface area contributed by atoms with Crippen LogP contribution in [-0.2, 0) is 6.42 Å². The molecule has 2 rings (SSSR count). The van der Waals surface area contributed by atoms with Gasteiger partial charge in [-0.2, -0.15) is 0 Å². The molecule has 0 atom stereocenters. The number of benzene rings is 1. The lowest BCUT2D eigenvalue weighted by atomic mass is 10.3. The minimum atomic E-state index is -0.954. The van der Waals surface area contributed by atoms with Crippen LogP contribution in [0.5, 0.6) is 5.75 Å². The summed E-state index contributed by atoms with van der Waals surface area (Å²) in [4.78, 5) is 15.4. The van der Waals surface area contributed by atoms with E-state index in [1.807, 2.05) is 0 Å². The van der Waals surface area contributed by atoms with E-state index in [1.165, 1.54) is 0 Å². The van der Waals surface area contributed by atoms with E-state index in [-0.39, 0.29) is 4.88 Å². The molecule has 1 heterocycles. The quantitative estimate of drug-likeness (QED) is 0.896. The van der Waals surface area contributed by atoms with Gasteiger partial charge in [-0.05, 0) is 19.1 Å². The van der Waals surface area contributed by atoms with Gasteiger partial charge in [0.25, 0.3) is 0 Å². The minimum Gasteiger partial charge on any atom is -0.492 e. The number of aryl methyl sites for hydroxylation is 1. The van der Waals surface area contributed by atoms with Gasteiger partial charge in [0.1, 0.15) is 10.6 Å². The fourth-order valence-corrected chi connectivity index (χ4v) is 2.81. The maximum Gasteiger partial charge on any atom is 0.347 e. The maximum absolute atomic E-state index is 10.9. The number of thiazole rings is 1. The number of carboxylic acids is 1. The third-order valence-corrected chi connectivity index (χ3v) is 4.25. The van der Waals surface area contributed by atoms with Crippen LogP contribution in [0.1, 0.15) is 20.4 Å². The van der Waals surface area contributed by atoms with Crippen molar-refractivity contribution in [1.29, 1.82) is 0 Å². The summed E-state index contributed by atoms with van der Waals surface area (Å²) in [6.07, 6.45) is 0.516. The SMILES string of the molecule is Cc1nc(CCOc2cc(Cl)ccc2Cl)sc1C(=O)O. The Hall–Kier alpha value is -1.30. The lowest BCUT2D eigenvalue weighted by Crippen LogP contribution is -2.01. The molecule has 0 amide bonds. The number of rotatable bonds is 5. The van der Waals surface area contributed by atoms with Crippen LogP contribution in [0.15, 0.2) is 18.2 Å². The summed E-state index contributed by atoms with van der Waals surface area (Å²) in [6.45, 7) is 2.03. The molecule has 106 valence electrons. The highest BCUT2D eigenvalue weighted by Gasteiger charge is 2.13. The third-order valence-electron chi connectivity index (χ3n) is 2.50. The van der Waals surface area contributed by atoms with Gasteiger partial charge in [0.2, 0.25) is 0 Å². The molecule has 0 spiro atoms. The Morgan fingerprint density at radius 3 is 2.85 bits per heavy atom. The summed E-state index contributed by atoms with van der Waals surface area (Å²) in [5.41, 5.74) is 0.526. The minimum absolute atomic E-state index is 0.265. The Morgan fingerprint density at radius 1 is 1.45 bits per heavy atom. The highest BCUT2D eigenvalue weighted by Crippen LogP contribution is 2.28. The predicted octanol–water partition coefficient (Wildman–Crippen LogP) is 4.08. The zero-order valence-electron chi connectivity index (χ0n) is 10.5. The van der Waals surface area contributed by atoms with E-state index in [2.05, 4.69) is 4.98 Å². The number of aromatic carboxylic acids is 1. The van der Waals surface area contributed by atoms with Gasteiger partial charge < -0.3 is 9.84 Å². The summed E-state index contributed by atoms with van der Waals surface area (Å²) in [5.74, 6) is -0.448. The van der Waals surface area contributed by atoms with Crippen molar-refractivity contribution in [2.24, 2.45) is 0 Å². The van der Waals surface area contributed by atoms with Gasteiger partial charge in [0.15, 0.2) is 0 Å². The molecule has 7 heteroatoms. The molecule has 0 fully saturated rings. The highest BCUT2D eigenvalue weighted by atomic mass is 35.5. The molecule has 1 N–H and O–H groups in total. The molecule has 0 aliphatic rings. The zero-order valence-corrected chi connectivity index (χ0v) is 12.8. The van der Waals surface area contributed by atoms with Crippen molar-refractivity contribution >= 4 is 40.5 Å². The molecule has 0 unspecified atom stereocenters. The van der Waals surface area contributed by atoms with Gasteiger partial charge in [-0.15, -0.1) is 11.3 Å². The van der Waals surface area contributed by atoms with Crippen LogP contribution in [0.3, 0.4) is 0 Å². The Labute approximate surface area is 129 Å². The Balaban J connectivity index is 1.98. The monoisotopic (exact) mass is 331 g/mol. The largest absolute Gasteiger partial charge is 0.492 e. The number of nitrogens with zero attached hydrogens (tertiary/aromatic N) is 1. The van der Waals surface area contributed by atoms with Crippen molar-refractivity contribution in [1.82, 2.24) is 4.98 Å². The van der Waals surface area contributed by atoms with Crippen LogP contribution in [0, 0.1) is 6.92 Å². The summed E-state index contributed by atoms with van der Waals surface area (Å²) in [5, 5.41) is 10.7. The molecule has 0 saturated carbocycles. The van der Waals surface area contributed by atoms with E-state index in [0.29, 0.717) is 34.5 Å². The zero-order chi connectivity index (χ0) is 14.7. The van der Waals surface area contributed by atoms with Crippen molar-refractivity contribution in [2.45, 2.75) is 13.3 Å². The molecular formula is C13H11Cl2NO3S. The maximum atomic E-state index is 10.9. The second-order valence-electron chi connectivity index (χ2n) is 4.00. The number of hydrogen-bond donors (Lipinski definition) is 1. The average Bonchev–Trinajstić information content (AvgIpc) is 2.75. The first-order valence-electron chi connectivity index (χ1n) is 5.75. The smallest absolute Gasteiger partial charge is 0.347 e. The summed E-state index contributed by atoms with van der Waals surface area (Å²) < 4.78 is 5.53. The normalized spacial score (nSPS) is 10.6. The van der Waals surface area contributed by atoms with Gasteiger partial charge >= 0.3 is 5.97 Å². The van der Waals surface area contributed by atoms with Crippen LogP contribution >= 0.6 is 34.5 Å². The van der Waals surface area contributed by atoms with E-state index in [9.17, 15) is 4.79 Å². The van der Waals surface area contributed by atoms with E-state index in [0.717, 1.165) is 16.3 Å². The topological polar surface area (TPSA) is 59.4 Å². The summed E-state index contributed by atoms with van der Waals surface area (Å²) in [7, 11) is 0. The predicted molar refractivity (Wildman–Crippen MR) is 79.5 cm³/mol. The highest BCUT2D eigenvalue weighted by molar-refractivity contribution is 7.13. The molecule has 0 radical (unpaired) electrons. The van der Waals surface area contributed by atoms with Gasteiger partial charge in [-0.25, -0.2) is 9.78 Å². The van der Waals surface area contributed by atoms with Crippen LogP contribution in [0.25, 0.3) is 0 Å². The molecule has 0 aliphatic heterocycles. The summed E-state index contributed by atoms with van der Waals surface area (Å²) in [6, 6.07) is 4.98. The second-order valence-corrected chi connectivity index (χ2v) is 5.93. The molecule has 0 saturated heterocycles. The number of aromatic nitrogens is 1. The fraction of sp³-hybridized carbons (Fsp3) is 0.231. The fourth-order valence-electron chi connectivity index (χ4n) is 1.59. The van der Waals surface area contributed by atoms with Gasteiger partial charge in [-0.1, -0.05) is 23.2 Å². The average molecular weight is 332 g/mol. The summed E-state index contributed by atoms with van der Waals surface area (Å²) >= 11 is 13.0. The molecule has 1 aromatic carbocycles. The molecule has 0 bridgehead atoms. The Morgan fingerprint density at radius 2 is 2.20 bits per heavy atom. The Bertz CT molecular complexity index is 643. The molecule has 0 aliphatic carbocycles. The van der Waals surface area contributed by atoms with Gasteiger partial charge in [0, 0.05) is 17.5 Å². The first-order chi connectivity index (χ1) is 9.47. The standard InChI is InChI=1S/C13H11Cl2NO3S/c1-7-12(13(17)18)20-11(16-7)4-5-19-10-6-8(14)2-3-9(10)15/h2-3,6H,4-5H2,1H3,(H,17,18). The van der Waals surface area contributed by atoms with Crippen LogP contribution in [0.2, 0.25) is 10.0 Å². The van der Waals surface area contributed by atoms with E-state index < -0.39 is 5.97 Å². The lowest BCUT2D eigenvalue weighted by Gasteiger charge is -2.07. The van der Waals surface area contributed by atoms with E-state index in [4.69, 9.17) is 33.0 Å². The number of hydrogen-bond acceptors (Lipinski definition) is 4. The van der Waals surface area contributed by atoms with Crippen molar-refractivity contribution in [2.75, 3.05) is 6.61 Å². The molecule has 20 heavy (non-hydrogen) atoms. The Kier molecular flexibility index (Phi) is 4.86. The molecule has 4 nitrogen and oxygen atoms in total. The number of carboxylic acid groups (broad SMARTS) is 1. The van der Waals surface area contributed by atoms with Gasteiger partial charge in [0.05, 0.1) is 22.3 Å². The van der Waals surface area contributed by atoms with Crippen molar-refractivity contribution < 1.29 is 14.6 Å². The number of ether oxygens (including phenoxy) is 1. The lowest BCUT2D eigenvalue weighted by molar-refractivity contribution is 0.0701. The van der Waals surface area contributed by atoms with E-state index in [1.54, 1.807) is 25.1 Å². The number of carbonyl (C=O) groups is 1. The second kappa shape index (κ2) is 6.43. The molecular weight excluding hydrogens is 321 g/mol. The third kappa shape index (κ3) is 3.62. The van der Waals surface area contributed by atoms with E-state index >= 15 is 0 Å². The van der Waals surface area contributed by atoms with Gasteiger partial charge in [-0.3, -0.25) is 0 Å². The molecule has 1 aromatic heterocycles. The first-order valence-corrected chi connectivity index (χ1v) is 7.32. The number of halogens is 2. The molecule has 2 aromatic rings. The van der Waals surface area contributed by atoms with Crippen molar-refractivity contribution in [3.05, 3.63) is 43.8 Å². The first kappa shape index (κ1) is 15.1. The van der Waals surface area contributed by atoms with Crippen LogP contribution in [-0.4, -0.2) is 22.7 Å².